The molecule has 4 nitrogen and oxygen atoms in total. The van der Waals surface area contributed by atoms with E-state index >= 15 is 0 Å². The van der Waals surface area contributed by atoms with Gasteiger partial charge >= 0.3 is 0 Å². The van der Waals surface area contributed by atoms with Crippen molar-refractivity contribution in [2.45, 2.75) is 26.4 Å². The maximum absolute atomic E-state index is 10.2. The molecular weight excluding hydrogens is 266 g/mol. The normalized spacial score (nSPS) is 11.3. The van der Waals surface area contributed by atoms with Gasteiger partial charge in [-0.25, -0.2) is 0 Å². The highest BCUT2D eigenvalue weighted by Crippen LogP contribution is 2.40. The summed E-state index contributed by atoms with van der Waals surface area (Å²) >= 11 is 0. The third kappa shape index (κ3) is 3.16. The largest absolute Gasteiger partial charge is 0.496 e. The highest BCUT2D eigenvalue weighted by Gasteiger charge is 2.19. The lowest BCUT2D eigenvalue weighted by Crippen LogP contribution is -2.15. The molecule has 0 spiro atoms. The number of aryl methyl sites for hydroxylation is 1. The molecule has 0 amide bonds. The zero-order chi connectivity index (χ0) is 15.6. The van der Waals surface area contributed by atoms with Gasteiger partial charge in [0.1, 0.15) is 11.5 Å². The summed E-state index contributed by atoms with van der Waals surface area (Å²) in [5.74, 6) is 1.45. The Morgan fingerprint density at radius 3 is 2.05 bits per heavy atom. The summed E-state index contributed by atoms with van der Waals surface area (Å²) in [6.07, 6.45) is 3.40. The molecular formula is C17H21NO3. The van der Waals surface area contributed by atoms with E-state index in [1.54, 1.807) is 40.5 Å². The SMILES string of the molecule is COc1cc(C)cc(OC)c1-c1cncc(C(C)(C)O)c1. The third-order valence-corrected chi connectivity index (χ3v) is 3.38. The zero-order valence-corrected chi connectivity index (χ0v) is 13.1. The first-order chi connectivity index (χ1) is 9.86. The van der Waals surface area contributed by atoms with E-state index in [-0.39, 0.29) is 0 Å². The molecule has 112 valence electrons. The Kier molecular flexibility index (Phi) is 4.19. The molecule has 0 unspecified atom stereocenters. The highest BCUT2D eigenvalue weighted by atomic mass is 16.5. The molecule has 0 saturated carbocycles. The van der Waals surface area contributed by atoms with Gasteiger partial charge in [-0.15, -0.1) is 0 Å². The summed E-state index contributed by atoms with van der Waals surface area (Å²) in [5, 5.41) is 10.2. The molecule has 21 heavy (non-hydrogen) atoms. The van der Waals surface area contributed by atoms with Crippen LogP contribution in [0, 0.1) is 6.92 Å². The molecule has 2 aromatic rings. The molecule has 0 saturated heterocycles. The Labute approximate surface area is 125 Å². The van der Waals surface area contributed by atoms with Gasteiger partial charge in [0.05, 0.1) is 25.4 Å². The number of hydrogen-bond donors (Lipinski definition) is 1. The van der Waals surface area contributed by atoms with Crippen LogP contribution in [-0.4, -0.2) is 24.3 Å². The minimum Gasteiger partial charge on any atom is -0.496 e. The number of aromatic nitrogens is 1. The fourth-order valence-electron chi connectivity index (χ4n) is 2.24. The first-order valence-corrected chi connectivity index (χ1v) is 6.77. The van der Waals surface area contributed by atoms with Gasteiger partial charge in [0.25, 0.3) is 0 Å². The molecule has 0 bridgehead atoms. The lowest BCUT2D eigenvalue weighted by Gasteiger charge is -2.19. The second kappa shape index (κ2) is 5.74. The first kappa shape index (κ1) is 15.3. The van der Waals surface area contributed by atoms with Crippen LogP contribution < -0.4 is 9.47 Å². The molecule has 0 aliphatic carbocycles. The van der Waals surface area contributed by atoms with Crippen molar-refractivity contribution in [3.05, 3.63) is 41.7 Å². The van der Waals surface area contributed by atoms with Gasteiger partial charge in [0, 0.05) is 23.5 Å². The van der Waals surface area contributed by atoms with Crippen molar-refractivity contribution in [1.82, 2.24) is 4.98 Å². The molecule has 0 atom stereocenters. The first-order valence-electron chi connectivity index (χ1n) is 6.77. The van der Waals surface area contributed by atoms with Crippen LogP contribution in [0.5, 0.6) is 11.5 Å². The van der Waals surface area contributed by atoms with Gasteiger partial charge in [0.2, 0.25) is 0 Å². The summed E-state index contributed by atoms with van der Waals surface area (Å²) in [5.41, 5.74) is 2.53. The molecule has 1 aromatic carbocycles. The van der Waals surface area contributed by atoms with Gasteiger partial charge in [-0.05, 0) is 44.5 Å². The molecule has 0 fully saturated rings. The maximum atomic E-state index is 10.2. The number of ether oxygens (including phenoxy) is 2. The van der Waals surface area contributed by atoms with Crippen molar-refractivity contribution in [3.63, 3.8) is 0 Å². The minimum atomic E-state index is -0.950. The zero-order valence-electron chi connectivity index (χ0n) is 13.1. The Morgan fingerprint density at radius 2 is 1.57 bits per heavy atom. The molecule has 0 radical (unpaired) electrons. The van der Waals surface area contributed by atoms with Crippen LogP contribution in [0.15, 0.2) is 30.6 Å². The second-order valence-electron chi connectivity index (χ2n) is 5.57. The minimum absolute atomic E-state index is 0.724. The number of hydrogen-bond acceptors (Lipinski definition) is 4. The average Bonchev–Trinajstić information content (AvgIpc) is 2.45. The van der Waals surface area contributed by atoms with Crippen molar-refractivity contribution in [3.8, 4) is 22.6 Å². The van der Waals surface area contributed by atoms with Crippen molar-refractivity contribution in [2.75, 3.05) is 14.2 Å². The summed E-state index contributed by atoms with van der Waals surface area (Å²) in [6, 6.07) is 5.81. The molecule has 1 heterocycles. The van der Waals surface area contributed by atoms with Crippen LogP contribution in [-0.2, 0) is 5.60 Å². The second-order valence-corrected chi connectivity index (χ2v) is 5.57. The van der Waals surface area contributed by atoms with Crippen LogP contribution in [0.3, 0.4) is 0 Å². The van der Waals surface area contributed by atoms with E-state index in [0.29, 0.717) is 0 Å². The molecule has 4 heteroatoms. The van der Waals surface area contributed by atoms with E-state index in [1.807, 2.05) is 25.1 Å². The summed E-state index contributed by atoms with van der Waals surface area (Å²) < 4.78 is 11.0. The Bertz CT molecular complexity index is 620. The van der Waals surface area contributed by atoms with Crippen LogP contribution in [0.4, 0.5) is 0 Å². The average molecular weight is 287 g/mol. The highest BCUT2D eigenvalue weighted by molar-refractivity contribution is 5.77. The number of methoxy groups -OCH3 is 2. The van der Waals surface area contributed by atoms with E-state index in [2.05, 4.69) is 4.98 Å². The van der Waals surface area contributed by atoms with Gasteiger partial charge in [-0.1, -0.05) is 0 Å². The molecule has 0 aliphatic heterocycles. The van der Waals surface area contributed by atoms with Gasteiger partial charge in [-0.3, -0.25) is 4.98 Å². The monoisotopic (exact) mass is 287 g/mol. The predicted octanol–water partition coefficient (Wildman–Crippen LogP) is 3.30. The lowest BCUT2D eigenvalue weighted by atomic mass is 9.95. The van der Waals surface area contributed by atoms with Crippen molar-refractivity contribution in [1.29, 1.82) is 0 Å². The van der Waals surface area contributed by atoms with Crippen molar-refractivity contribution >= 4 is 0 Å². The number of rotatable bonds is 4. The van der Waals surface area contributed by atoms with E-state index in [4.69, 9.17) is 9.47 Å². The van der Waals surface area contributed by atoms with Crippen molar-refractivity contribution < 1.29 is 14.6 Å². The standard InChI is InChI=1S/C17H21NO3/c1-11-6-14(20-4)16(15(7-11)21-5)12-8-13(10-18-9-12)17(2,3)19/h6-10,19H,1-5H3. The Hall–Kier alpha value is -2.07. The maximum Gasteiger partial charge on any atom is 0.130 e. The smallest absolute Gasteiger partial charge is 0.130 e. The number of benzene rings is 1. The van der Waals surface area contributed by atoms with Gasteiger partial charge < -0.3 is 14.6 Å². The summed E-state index contributed by atoms with van der Waals surface area (Å²) in [7, 11) is 3.26. The fraction of sp³-hybridized carbons (Fsp3) is 0.353. The van der Waals surface area contributed by atoms with Crippen LogP contribution in [0.2, 0.25) is 0 Å². The topological polar surface area (TPSA) is 51.6 Å². The summed E-state index contributed by atoms with van der Waals surface area (Å²) in [4.78, 5) is 4.23. The predicted molar refractivity (Wildman–Crippen MR) is 82.8 cm³/mol. The molecule has 2 rings (SSSR count). The molecule has 1 N–H and O–H groups in total. The molecule has 0 aliphatic rings. The van der Waals surface area contributed by atoms with Crippen LogP contribution in [0.25, 0.3) is 11.1 Å². The van der Waals surface area contributed by atoms with Gasteiger partial charge in [0.15, 0.2) is 0 Å². The Morgan fingerprint density at radius 1 is 1.00 bits per heavy atom. The van der Waals surface area contributed by atoms with Crippen LogP contribution in [0.1, 0.15) is 25.0 Å². The fourth-order valence-corrected chi connectivity index (χ4v) is 2.24. The van der Waals surface area contributed by atoms with Gasteiger partial charge in [-0.2, -0.15) is 0 Å². The quantitative estimate of drug-likeness (QED) is 0.937. The van der Waals surface area contributed by atoms with E-state index < -0.39 is 5.60 Å². The lowest BCUT2D eigenvalue weighted by molar-refractivity contribution is 0.0783. The third-order valence-electron chi connectivity index (χ3n) is 3.38. The number of nitrogens with zero attached hydrogens (tertiary/aromatic N) is 1. The van der Waals surface area contributed by atoms with E-state index in [0.717, 1.165) is 33.8 Å². The van der Waals surface area contributed by atoms with E-state index in [1.165, 1.54) is 0 Å². The van der Waals surface area contributed by atoms with Crippen LogP contribution >= 0.6 is 0 Å². The molecule has 1 aromatic heterocycles. The number of pyridine rings is 1. The number of aliphatic hydroxyl groups is 1. The van der Waals surface area contributed by atoms with Crippen molar-refractivity contribution in [2.24, 2.45) is 0 Å². The Balaban J connectivity index is 2.66. The summed E-state index contributed by atoms with van der Waals surface area (Å²) in [6.45, 7) is 5.45. The van der Waals surface area contributed by atoms with E-state index in [9.17, 15) is 5.11 Å².